The lowest BCUT2D eigenvalue weighted by Gasteiger charge is -2.18. The molecule has 0 bridgehead atoms. The van der Waals surface area contributed by atoms with Gasteiger partial charge in [0, 0.05) is 25.1 Å². The Morgan fingerprint density at radius 1 is 0.844 bits per heavy atom. The summed E-state index contributed by atoms with van der Waals surface area (Å²) in [6.07, 6.45) is 0.0602. The second kappa shape index (κ2) is 13.6. The summed E-state index contributed by atoms with van der Waals surface area (Å²) in [5, 5.41) is 33.9. The molecule has 0 aromatic heterocycles. The number of carbonyl (C=O) groups is 5. The molecule has 0 spiro atoms. The fourth-order valence-corrected chi connectivity index (χ4v) is 2.71. The highest BCUT2D eigenvalue weighted by atomic mass is 16.4. The summed E-state index contributed by atoms with van der Waals surface area (Å²) in [6.45, 7) is 0.671. The summed E-state index contributed by atoms with van der Waals surface area (Å²) < 4.78 is 0. The van der Waals surface area contributed by atoms with Crippen LogP contribution in [-0.2, 0) is 20.9 Å². The van der Waals surface area contributed by atoms with E-state index in [9.17, 15) is 29.1 Å². The molecule has 32 heavy (non-hydrogen) atoms. The summed E-state index contributed by atoms with van der Waals surface area (Å²) in [4.78, 5) is 57.0. The predicted molar refractivity (Wildman–Crippen MR) is 112 cm³/mol. The molecule has 0 saturated carbocycles. The van der Waals surface area contributed by atoms with Crippen LogP contribution in [0.1, 0.15) is 48.0 Å². The molecule has 12 heteroatoms. The van der Waals surface area contributed by atoms with Gasteiger partial charge in [-0.3, -0.25) is 9.59 Å². The molecule has 0 aliphatic heterocycles. The number of carboxylic acid groups (broad SMARTS) is 3. The van der Waals surface area contributed by atoms with Gasteiger partial charge in [0.15, 0.2) is 0 Å². The quantitative estimate of drug-likeness (QED) is 0.191. The zero-order valence-electron chi connectivity index (χ0n) is 17.4. The molecule has 12 nitrogen and oxygen atoms in total. The van der Waals surface area contributed by atoms with Crippen molar-refractivity contribution < 1.29 is 39.3 Å². The normalized spacial score (nSPS) is 12.3. The number of benzene rings is 1. The van der Waals surface area contributed by atoms with Gasteiger partial charge in [-0.05, 0) is 43.4 Å². The highest BCUT2D eigenvalue weighted by molar-refractivity contribution is 5.94. The molecule has 1 aromatic rings. The first-order chi connectivity index (χ1) is 15.1. The molecule has 0 radical (unpaired) electrons. The van der Waals surface area contributed by atoms with Crippen molar-refractivity contribution in [1.82, 2.24) is 16.0 Å². The zero-order chi connectivity index (χ0) is 24.1. The van der Waals surface area contributed by atoms with E-state index in [0.717, 1.165) is 5.56 Å². The van der Waals surface area contributed by atoms with Gasteiger partial charge in [0.2, 0.25) is 0 Å². The minimum Gasteiger partial charge on any atom is -0.481 e. The van der Waals surface area contributed by atoms with Crippen molar-refractivity contribution in [2.24, 2.45) is 5.73 Å². The summed E-state index contributed by atoms with van der Waals surface area (Å²) in [5.41, 5.74) is 6.88. The van der Waals surface area contributed by atoms with Crippen LogP contribution in [-0.4, -0.2) is 63.8 Å². The third-order valence-electron chi connectivity index (χ3n) is 4.51. The molecular weight excluding hydrogens is 424 g/mol. The molecule has 0 heterocycles. The number of rotatable bonds is 14. The molecule has 0 aliphatic carbocycles. The Bertz CT molecular complexity index is 812. The van der Waals surface area contributed by atoms with E-state index in [0.29, 0.717) is 31.5 Å². The number of urea groups is 1. The molecular formula is C20H28N4O8. The smallest absolute Gasteiger partial charge is 0.326 e. The SMILES string of the molecule is NCc1ccc(C(=O)NCCCCC(NC(=O)NC(CCC(=O)O)C(=O)O)C(=O)O)cc1. The minimum atomic E-state index is -1.46. The van der Waals surface area contributed by atoms with Crippen LogP contribution in [0.3, 0.4) is 0 Å². The van der Waals surface area contributed by atoms with E-state index in [1.807, 2.05) is 0 Å². The third kappa shape index (κ3) is 9.89. The van der Waals surface area contributed by atoms with Gasteiger partial charge in [-0.2, -0.15) is 0 Å². The fourth-order valence-electron chi connectivity index (χ4n) is 2.71. The van der Waals surface area contributed by atoms with Gasteiger partial charge < -0.3 is 37.0 Å². The molecule has 1 aromatic carbocycles. The van der Waals surface area contributed by atoms with E-state index in [1.165, 1.54) is 0 Å². The minimum absolute atomic E-state index is 0.0523. The summed E-state index contributed by atoms with van der Waals surface area (Å²) in [7, 11) is 0. The highest BCUT2D eigenvalue weighted by Crippen LogP contribution is 2.05. The molecule has 8 N–H and O–H groups in total. The van der Waals surface area contributed by atoms with Crippen LogP contribution in [0.4, 0.5) is 4.79 Å². The molecule has 2 unspecified atom stereocenters. The van der Waals surface area contributed by atoms with Crippen LogP contribution in [0, 0.1) is 0 Å². The lowest BCUT2D eigenvalue weighted by molar-refractivity contribution is -0.140. The van der Waals surface area contributed by atoms with Crippen molar-refractivity contribution in [2.45, 2.75) is 50.7 Å². The predicted octanol–water partition coefficient (Wildman–Crippen LogP) is 0.116. The van der Waals surface area contributed by atoms with E-state index in [1.54, 1.807) is 24.3 Å². The fraction of sp³-hybridized carbons (Fsp3) is 0.450. The summed E-state index contributed by atoms with van der Waals surface area (Å²) in [5.74, 6) is -4.23. The zero-order valence-corrected chi connectivity index (χ0v) is 17.4. The van der Waals surface area contributed by atoms with Crippen molar-refractivity contribution in [2.75, 3.05) is 6.54 Å². The molecule has 0 saturated heterocycles. The van der Waals surface area contributed by atoms with Gasteiger partial charge in [0.1, 0.15) is 12.1 Å². The average molecular weight is 452 g/mol. The van der Waals surface area contributed by atoms with E-state index < -0.39 is 42.4 Å². The van der Waals surface area contributed by atoms with E-state index in [-0.39, 0.29) is 18.7 Å². The molecule has 0 fully saturated rings. The van der Waals surface area contributed by atoms with E-state index in [4.69, 9.17) is 15.9 Å². The number of nitrogens with one attached hydrogen (secondary N) is 3. The first kappa shape index (κ1) is 26.4. The van der Waals surface area contributed by atoms with E-state index in [2.05, 4.69) is 16.0 Å². The number of aliphatic carboxylic acids is 3. The standard InChI is InChI=1S/C20H28N4O8/c21-11-12-4-6-13(7-5-12)17(27)22-10-2-1-3-14(18(28)29)23-20(32)24-15(19(30)31)8-9-16(25)26/h4-7,14-15H,1-3,8-11,21H2,(H,22,27)(H,25,26)(H,28,29)(H,30,31)(H2,23,24,32). The van der Waals surface area contributed by atoms with Crippen LogP contribution in [0.5, 0.6) is 0 Å². The van der Waals surface area contributed by atoms with E-state index >= 15 is 0 Å². The van der Waals surface area contributed by atoms with Crippen LogP contribution in [0.15, 0.2) is 24.3 Å². The Morgan fingerprint density at radius 2 is 1.41 bits per heavy atom. The maximum Gasteiger partial charge on any atom is 0.326 e. The first-order valence-electron chi connectivity index (χ1n) is 9.95. The second-order valence-electron chi connectivity index (χ2n) is 6.98. The molecule has 3 amide bonds. The Balaban J connectivity index is 2.41. The van der Waals surface area contributed by atoms with Crippen molar-refractivity contribution in [3.63, 3.8) is 0 Å². The Labute approximate surface area is 184 Å². The van der Waals surface area contributed by atoms with Crippen molar-refractivity contribution in [3.05, 3.63) is 35.4 Å². The number of hydrogen-bond donors (Lipinski definition) is 7. The largest absolute Gasteiger partial charge is 0.481 e. The van der Waals surface area contributed by atoms with Crippen LogP contribution < -0.4 is 21.7 Å². The monoisotopic (exact) mass is 452 g/mol. The maximum atomic E-state index is 12.1. The van der Waals surface area contributed by atoms with Crippen molar-refractivity contribution >= 4 is 29.8 Å². The maximum absolute atomic E-state index is 12.1. The van der Waals surface area contributed by atoms with Crippen LogP contribution >= 0.6 is 0 Å². The van der Waals surface area contributed by atoms with Crippen molar-refractivity contribution in [3.8, 4) is 0 Å². The number of hydrogen-bond acceptors (Lipinski definition) is 6. The Hall–Kier alpha value is -3.67. The number of carboxylic acids is 3. The summed E-state index contributed by atoms with van der Waals surface area (Å²) >= 11 is 0. The number of unbranched alkanes of at least 4 members (excludes halogenated alkanes) is 1. The van der Waals surface area contributed by atoms with Gasteiger partial charge in [-0.1, -0.05) is 12.1 Å². The number of carbonyl (C=O) groups excluding carboxylic acids is 2. The average Bonchev–Trinajstić information content (AvgIpc) is 2.74. The van der Waals surface area contributed by atoms with Crippen LogP contribution in [0.2, 0.25) is 0 Å². The molecule has 176 valence electrons. The van der Waals surface area contributed by atoms with Gasteiger partial charge >= 0.3 is 23.9 Å². The van der Waals surface area contributed by atoms with Gasteiger partial charge in [-0.25, -0.2) is 14.4 Å². The number of nitrogens with two attached hydrogens (primary N) is 1. The first-order valence-corrected chi connectivity index (χ1v) is 9.95. The Kier molecular flexibility index (Phi) is 11.2. The second-order valence-corrected chi connectivity index (χ2v) is 6.98. The van der Waals surface area contributed by atoms with Gasteiger partial charge in [0.05, 0.1) is 0 Å². The molecule has 0 aliphatic rings. The van der Waals surface area contributed by atoms with Crippen molar-refractivity contribution in [1.29, 1.82) is 0 Å². The lowest BCUT2D eigenvalue weighted by Crippen LogP contribution is -2.51. The van der Waals surface area contributed by atoms with Crippen LogP contribution in [0.25, 0.3) is 0 Å². The highest BCUT2D eigenvalue weighted by Gasteiger charge is 2.24. The summed E-state index contributed by atoms with van der Waals surface area (Å²) in [6, 6.07) is 3.05. The Morgan fingerprint density at radius 3 is 1.91 bits per heavy atom. The number of amides is 3. The molecule has 1 rings (SSSR count). The van der Waals surface area contributed by atoms with Gasteiger partial charge in [-0.15, -0.1) is 0 Å². The topological polar surface area (TPSA) is 208 Å². The third-order valence-corrected chi connectivity index (χ3v) is 4.51. The molecule has 2 atom stereocenters. The van der Waals surface area contributed by atoms with Gasteiger partial charge in [0.25, 0.3) is 5.91 Å². The lowest BCUT2D eigenvalue weighted by atomic mass is 10.1.